The summed E-state index contributed by atoms with van der Waals surface area (Å²) in [5.74, 6) is 1.69. The van der Waals surface area contributed by atoms with Crippen LogP contribution < -0.4 is 20.9 Å². The lowest BCUT2D eigenvalue weighted by molar-refractivity contribution is 0.00732. The summed E-state index contributed by atoms with van der Waals surface area (Å²) in [6.07, 6.45) is 9.00. The smallest absolute Gasteiger partial charge is 0.257 e. The minimum Gasteiger partial charge on any atom is -0.425 e. The quantitative estimate of drug-likeness (QED) is 0.406. The van der Waals surface area contributed by atoms with Crippen molar-refractivity contribution in [1.29, 1.82) is 0 Å². The number of fused-ring (bicyclic) bond motifs is 1. The SMILES string of the molecule is CNc1cc(NC2=CC=CN(c3cnc(C)o3)C2O)nc2c(C(=O)N[C@H]3CC[C@@H]3OC)cnn12. The Labute approximate surface area is 195 Å². The first kappa shape index (κ1) is 21.9. The van der Waals surface area contributed by atoms with Gasteiger partial charge in [0.15, 0.2) is 17.8 Å². The van der Waals surface area contributed by atoms with Gasteiger partial charge < -0.3 is 30.2 Å². The zero-order valence-electron chi connectivity index (χ0n) is 19.0. The molecule has 2 aliphatic rings. The van der Waals surface area contributed by atoms with Crippen LogP contribution >= 0.6 is 0 Å². The van der Waals surface area contributed by atoms with Gasteiger partial charge in [0.25, 0.3) is 5.91 Å². The number of aliphatic hydroxyl groups excluding tert-OH is 1. The highest BCUT2D eigenvalue weighted by Gasteiger charge is 2.33. The van der Waals surface area contributed by atoms with Crippen LogP contribution in [-0.2, 0) is 4.74 Å². The Balaban J connectivity index is 1.41. The number of rotatable bonds is 7. The molecule has 3 atom stereocenters. The predicted octanol–water partition coefficient (Wildman–Crippen LogP) is 1.62. The Morgan fingerprint density at radius 2 is 2.18 bits per heavy atom. The molecule has 34 heavy (non-hydrogen) atoms. The average Bonchev–Trinajstić information content (AvgIpc) is 3.44. The van der Waals surface area contributed by atoms with E-state index in [0.717, 1.165) is 12.8 Å². The van der Waals surface area contributed by atoms with E-state index in [9.17, 15) is 9.90 Å². The van der Waals surface area contributed by atoms with E-state index < -0.39 is 6.23 Å². The standard InChI is InChI=1S/C22H26N8O4/c1-12-24-11-19(34-12)29-8-4-5-15(22(29)32)26-17-9-18(23-2)30-20(28-17)13(10-25-30)21(31)27-14-6-7-16(14)33-3/h4-5,8-11,14,16,22-23,32H,6-7H2,1-3H3,(H,26,28)(H,27,31)/t14-,16-,22?/m0/s1. The monoisotopic (exact) mass is 466 g/mol. The minimum atomic E-state index is -1.05. The highest BCUT2D eigenvalue weighted by molar-refractivity contribution is 6.00. The fourth-order valence-electron chi connectivity index (χ4n) is 4.00. The van der Waals surface area contributed by atoms with Crippen molar-refractivity contribution in [3.63, 3.8) is 0 Å². The van der Waals surface area contributed by atoms with Gasteiger partial charge in [-0.3, -0.25) is 9.69 Å². The van der Waals surface area contributed by atoms with Gasteiger partial charge in [0.2, 0.25) is 5.88 Å². The maximum absolute atomic E-state index is 13.0. The molecule has 3 aromatic rings. The van der Waals surface area contributed by atoms with Crippen LogP contribution in [0, 0.1) is 6.92 Å². The Morgan fingerprint density at radius 1 is 1.32 bits per heavy atom. The molecule has 1 aliphatic carbocycles. The van der Waals surface area contributed by atoms with Gasteiger partial charge in [-0.05, 0) is 25.0 Å². The van der Waals surface area contributed by atoms with Gasteiger partial charge >= 0.3 is 0 Å². The topological polar surface area (TPSA) is 142 Å². The van der Waals surface area contributed by atoms with E-state index in [0.29, 0.717) is 40.3 Å². The summed E-state index contributed by atoms with van der Waals surface area (Å²) in [5.41, 5.74) is 1.20. The Hall–Kier alpha value is -3.90. The lowest BCUT2D eigenvalue weighted by Crippen LogP contribution is -2.51. The van der Waals surface area contributed by atoms with Gasteiger partial charge in [-0.2, -0.15) is 9.61 Å². The number of amides is 1. The number of hydrogen-bond acceptors (Lipinski definition) is 10. The minimum absolute atomic E-state index is 0.0210. The lowest BCUT2D eigenvalue weighted by atomic mass is 9.89. The van der Waals surface area contributed by atoms with Crippen LogP contribution in [0.4, 0.5) is 17.5 Å². The average molecular weight is 467 g/mol. The van der Waals surface area contributed by atoms with Crippen molar-refractivity contribution < 1.29 is 19.1 Å². The highest BCUT2D eigenvalue weighted by atomic mass is 16.5. The number of allylic oxidation sites excluding steroid dienone is 2. The van der Waals surface area contributed by atoms with Crippen LogP contribution in [0.2, 0.25) is 0 Å². The molecule has 0 spiro atoms. The number of aromatic nitrogens is 4. The number of aliphatic hydroxyl groups is 1. The molecule has 178 valence electrons. The van der Waals surface area contributed by atoms with Gasteiger partial charge in [-0.25, -0.2) is 9.97 Å². The molecule has 0 radical (unpaired) electrons. The summed E-state index contributed by atoms with van der Waals surface area (Å²) in [5, 5.41) is 24.4. The summed E-state index contributed by atoms with van der Waals surface area (Å²) in [6, 6.07) is 1.71. The summed E-state index contributed by atoms with van der Waals surface area (Å²) >= 11 is 0. The largest absolute Gasteiger partial charge is 0.425 e. The zero-order chi connectivity index (χ0) is 23.8. The zero-order valence-corrected chi connectivity index (χ0v) is 19.0. The van der Waals surface area contributed by atoms with E-state index in [1.807, 2.05) is 0 Å². The predicted molar refractivity (Wildman–Crippen MR) is 124 cm³/mol. The number of hydrogen-bond donors (Lipinski definition) is 4. The van der Waals surface area contributed by atoms with Crippen molar-refractivity contribution in [3.8, 4) is 0 Å². The van der Waals surface area contributed by atoms with Gasteiger partial charge in [0, 0.05) is 33.3 Å². The number of carbonyl (C=O) groups is 1. The van der Waals surface area contributed by atoms with Gasteiger partial charge in [0.1, 0.15) is 17.2 Å². The van der Waals surface area contributed by atoms with Crippen LogP contribution in [-0.4, -0.2) is 63.1 Å². The fraction of sp³-hybridized carbons (Fsp3) is 0.364. The molecule has 1 unspecified atom stereocenters. The lowest BCUT2D eigenvalue weighted by Gasteiger charge is -2.35. The van der Waals surface area contributed by atoms with Crippen molar-refractivity contribution >= 4 is 29.1 Å². The van der Waals surface area contributed by atoms with Crippen LogP contribution in [0.3, 0.4) is 0 Å². The molecule has 1 amide bonds. The fourth-order valence-corrected chi connectivity index (χ4v) is 4.00. The van der Waals surface area contributed by atoms with Crippen molar-refractivity contribution in [1.82, 2.24) is 24.9 Å². The maximum atomic E-state index is 13.0. The molecule has 0 aromatic carbocycles. The molecule has 12 heteroatoms. The van der Waals surface area contributed by atoms with Crippen molar-refractivity contribution in [2.75, 3.05) is 29.7 Å². The third-order valence-corrected chi connectivity index (χ3v) is 6.00. The maximum Gasteiger partial charge on any atom is 0.257 e. The Morgan fingerprint density at radius 3 is 2.85 bits per heavy atom. The van der Waals surface area contributed by atoms with Gasteiger partial charge in [-0.15, -0.1) is 0 Å². The molecule has 1 saturated carbocycles. The molecule has 1 fully saturated rings. The molecule has 1 aliphatic heterocycles. The van der Waals surface area contributed by atoms with Crippen molar-refractivity contribution in [3.05, 3.63) is 54.0 Å². The molecule has 4 heterocycles. The van der Waals surface area contributed by atoms with Gasteiger partial charge in [0.05, 0.1) is 30.2 Å². The second kappa shape index (κ2) is 8.80. The van der Waals surface area contributed by atoms with Crippen LogP contribution in [0.5, 0.6) is 0 Å². The van der Waals surface area contributed by atoms with E-state index in [1.54, 1.807) is 61.1 Å². The van der Waals surface area contributed by atoms with E-state index in [4.69, 9.17) is 9.15 Å². The number of carbonyl (C=O) groups excluding carboxylic acids is 1. The number of aryl methyl sites for hydroxylation is 1. The summed E-state index contributed by atoms with van der Waals surface area (Å²) in [7, 11) is 3.40. The first-order chi connectivity index (χ1) is 16.5. The Bertz CT molecular complexity index is 1280. The molecule has 3 aromatic heterocycles. The molecule has 0 saturated heterocycles. The number of nitrogens with one attached hydrogen (secondary N) is 3. The molecular weight excluding hydrogens is 440 g/mol. The summed E-state index contributed by atoms with van der Waals surface area (Å²) < 4.78 is 12.5. The van der Waals surface area contributed by atoms with E-state index in [2.05, 4.69) is 31.0 Å². The van der Waals surface area contributed by atoms with E-state index >= 15 is 0 Å². The molecule has 5 rings (SSSR count). The van der Waals surface area contributed by atoms with E-state index in [-0.39, 0.29) is 18.1 Å². The number of nitrogens with zero attached hydrogens (tertiary/aromatic N) is 5. The molecule has 0 bridgehead atoms. The van der Waals surface area contributed by atoms with Gasteiger partial charge in [-0.1, -0.05) is 0 Å². The van der Waals surface area contributed by atoms with Crippen LogP contribution in [0.15, 0.2) is 46.9 Å². The third kappa shape index (κ3) is 3.86. The first-order valence-electron chi connectivity index (χ1n) is 10.9. The molecular formula is C22H26N8O4. The number of methoxy groups -OCH3 is 1. The summed E-state index contributed by atoms with van der Waals surface area (Å²) in [4.78, 5) is 23.2. The number of oxazole rings is 1. The molecule has 12 nitrogen and oxygen atoms in total. The second-order valence-corrected chi connectivity index (χ2v) is 8.09. The van der Waals surface area contributed by atoms with Crippen LogP contribution in [0.25, 0.3) is 5.65 Å². The second-order valence-electron chi connectivity index (χ2n) is 8.09. The Kier molecular flexibility index (Phi) is 5.67. The number of ether oxygens (including phenoxy) is 1. The molecule has 4 N–H and O–H groups in total. The normalized spacial score (nSPS) is 21.8. The third-order valence-electron chi connectivity index (χ3n) is 6.00. The number of anilines is 3. The first-order valence-corrected chi connectivity index (χ1v) is 10.9. The highest BCUT2D eigenvalue weighted by Crippen LogP contribution is 2.27. The van der Waals surface area contributed by atoms with Crippen molar-refractivity contribution in [2.24, 2.45) is 0 Å². The van der Waals surface area contributed by atoms with Crippen molar-refractivity contribution in [2.45, 2.75) is 38.1 Å². The van der Waals surface area contributed by atoms with E-state index in [1.165, 1.54) is 6.20 Å². The van der Waals surface area contributed by atoms with Crippen LogP contribution in [0.1, 0.15) is 29.1 Å². The summed E-state index contributed by atoms with van der Waals surface area (Å²) in [6.45, 7) is 1.73.